The van der Waals surface area contributed by atoms with Crippen LogP contribution in [0.15, 0.2) is 12.1 Å². The summed E-state index contributed by atoms with van der Waals surface area (Å²) in [6.45, 7) is 22.7. The summed E-state index contributed by atoms with van der Waals surface area (Å²) >= 11 is 0. The zero-order valence-electron chi connectivity index (χ0n) is 42.3. The Bertz CT molecular complexity index is 1550. The van der Waals surface area contributed by atoms with Crippen molar-refractivity contribution in [3.05, 3.63) is 23.3 Å². The summed E-state index contributed by atoms with van der Waals surface area (Å²) in [6.07, 6.45) is 0.339. The molecular formula is C44H80K2O20S2. The van der Waals surface area contributed by atoms with Gasteiger partial charge in [-0.15, -0.1) is 0 Å². The topological polar surface area (TPSA) is 244 Å². The van der Waals surface area contributed by atoms with E-state index in [1.54, 1.807) is 0 Å². The van der Waals surface area contributed by atoms with Crippen molar-refractivity contribution in [3.63, 3.8) is 0 Å². The molecular weight excluding hydrogens is 991 g/mol. The molecule has 0 heterocycles. The molecule has 0 N–H and O–H groups in total. The van der Waals surface area contributed by atoms with Crippen molar-refractivity contribution >= 4 is 20.2 Å². The fraction of sp³-hybridized carbons (Fsp3) is 0.864. The van der Waals surface area contributed by atoms with Gasteiger partial charge in [-0.05, 0) is 35.3 Å². The van der Waals surface area contributed by atoms with Crippen molar-refractivity contribution in [2.45, 2.75) is 65.2 Å². The molecule has 0 spiro atoms. The molecule has 0 aliphatic heterocycles. The van der Waals surface area contributed by atoms with Crippen LogP contribution in [0.3, 0.4) is 0 Å². The molecule has 0 saturated heterocycles. The first kappa shape index (κ1) is 71.5. The molecule has 0 aliphatic carbocycles. The van der Waals surface area contributed by atoms with Crippen LogP contribution in [0.25, 0.3) is 0 Å². The van der Waals surface area contributed by atoms with Crippen molar-refractivity contribution in [2.75, 3.05) is 183 Å². The number of rotatable bonds is 46. The van der Waals surface area contributed by atoms with Gasteiger partial charge in [-0.25, -0.2) is 16.8 Å². The van der Waals surface area contributed by atoms with E-state index in [0.29, 0.717) is 170 Å². The van der Waals surface area contributed by atoms with Crippen molar-refractivity contribution < 1.29 is 195 Å². The smallest absolute Gasteiger partial charge is 0.748 e. The molecule has 1 aromatic rings. The summed E-state index contributed by atoms with van der Waals surface area (Å²) in [5.74, 6) is 0.495. The Hall–Kier alpha value is 1.43. The number of hydrogen-bond acceptors (Lipinski definition) is 20. The molecule has 24 heteroatoms. The molecule has 0 saturated carbocycles. The van der Waals surface area contributed by atoms with E-state index in [9.17, 15) is 25.9 Å². The summed E-state index contributed by atoms with van der Waals surface area (Å²) in [7, 11) is -8.40. The zero-order chi connectivity index (χ0) is 48.8. The maximum Gasteiger partial charge on any atom is 1.00 e. The third-order valence-corrected chi connectivity index (χ3v) is 10.4. The van der Waals surface area contributed by atoms with Crippen molar-refractivity contribution in [2.24, 2.45) is 0 Å². The molecule has 0 aromatic heterocycles. The van der Waals surface area contributed by atoms with E-state index in [4.69, 9.17) is 66.3 Å². The zero-order valence-corrected chi connectivity index (χ0v) is 50.2. The Kier molecular flexibility index (Phi) is 47.0. The Morgan fingerprint density at radius 1 is 0.368 bits per heavy atom. The first-order chi connectivity index (χ1) is 31.4. The molecule has 390 valence electrons. The molecule has 0 aliphatic rings. The largest absolute Gasteiger partial charge is 1.00 e. The standard InChI is InChI=1S/C44H82O20S2.2K/c1-43(2,3)39-37-40(44(4,5)6)42(64-34-32-62-30-28-60-26-24-58-22-20-56-18-16-54-14-12-52-10-8-36-66(48,49)50)41(38-39)63-33-31-61-29-27-59-25-23-57-21-19-55-17-15-53-13-11-51-9-7-35-65(45,46)47;;/h37-38H,7-36H2,1-6H3,(H,45,46,47)(H,48,49,50);;/q;2*+1/p-2. The van der Waals surface area contributed by atoms with Gasteiger partial charge in [-0.1, -0.05) is 47.6 Å². The first-order valence-electron chi connectivity index (χ1n) is 22.6. The molecule has 20 nitrogen and oxygen atoms in total. The van der Waals surface area contributed by atoms with Gasteiger partial charge in [0, 0.05) is 30.3 Å². The van der Waals surface area contributed by atoms with E-state index in [1.165, 1.54) is 0 Å². The van der Waals surface area contributed by atoms with Crippen LogP contribution in [0.1, 0.15) is 65.5 Å². The van der Waals surface area contributed by atoms with Gasteiger partial charge in [0.05, 0.1) is 166 Å². The minimum atomic E-state index is -4.20. The third kappa shape index (κ3) is 44.9. The predicted octanol–water partition coefficient (Wildman–Crippen LogP) is -2.88. The summed E-state index contributed by atoms with van der Waals surface area (Å²) in [5, 5.41) is 0. The van der Waals surface area contributed by atoms with Crippen molar-refractivity contribution in [1.82, 2.24) is 0 Å². The molecule has 0 unspecified atom stereocenters. The fourth-order valence-corrected chi connectivity index (χ4v) is 6.28. The SMILES string of the molecule is CC(C)(C)c1cc(OCCOCCOCCOCCOCCOCCOCCCS(=O)(=O)[O-])c(OCCOCCOCCOCCOCCOCCOCCCS(=O)(=O)[O-])c(C(C)(C)C)c1.[K+].[K+]. The van der Waals surface area contributed by atoms with Crippen LogP contribution in [0.5, 0.6) is 11.5 Å². The van der Waals surface area contributed by atoms with E-state index in [1.807, 2.05) is 6.07 Å². The average Bonchev–Trinajstić information content (AvgIpc) is 3.23. The van der Waals surface area contributed by atoms with E-state index in [0.717, 1.165) is 11.1 Å². The Morgan fingerprint density at radius 3 is 0.868 bits per heavy atom. The maximum absolute atomic E-state index is 10.5. The van der Waals surface area contributed by atoms with E-state index >= 15 is 0 Å². The molecule has 0 amide bonds. The van der Waals surface area contributed by atoms with Crippen LogP contribution in [0, 0.1) is 0 Å². The van der Waals surface area contributed by atoms with Crippen LogP contribution < -0.4 is 112 Å². The van der Waals surface area contributed by atoms with Gasteiger partial charge >= 0.3 is 103 Å². The van der Waals surface area contributed by atoms with E-state index < -0.39 is 31.7 Å². The van der Waals surface area contributed by atoms with Gasteiger partial charge in [0.1, 0.15) is 13.2 Å². The summed E-state index contributed by atoms with van der Waals surface area (Å²) in [4.78, 5) is 0. The van der Waals surface area contributed by atoms with Crippen LogP contribution in [-0.2, 0) is 87.9 Å². The van der Waals surface area contributed by atoms with E-state index in [-0.39, 0.29) is 140 Å². The minimum Gasteiger partial charge on any atom is -0.748 e. The summed E-state index contributed by atoms with van der Waals surface area (Å²) < 4.78 is 142. The number of benzene rings is 1. The monoisotopic (exact) mass is 1070 g/mol. The van der Waals surface area contributed by atoms with Crippen molar-refractivity contribution in [3.8, 4) is 11.5 Å². The van der Waals surface area contributed by atoms with Gasteiger partial charge in [0.15, 0.2) is 11.5 Å². The fourth-order valence-electron chi connectivity index (χ4n) is 5.34. The van der Waals surface area contributed by atoms with Gasteiger partial charge in [-0.3, -0.25) is 0 Å². The minimum absolute atomic E-state index is 0. The molecule has 0 bridgehead atoms. The average molecular weight is 1070 g/mol. The molecule has 0 radical (unpaired) electrons. The quantitative estimate of drug-likeness (QED) is 0.0362. The molecule has 1 aromatic carbocycles. The normalized spacial score (nSPS) is 12.2. The third-order valence-electron chi connectivity index (χ3n) is 8.77. The maximum atomic E-state index is 10.5. The summed E-state index contributed by atoms with van der Waals surface area (Å²) in [5.41, 5.74) is 1.87. The van der Waals surface area contributed by atoms with Crippen LogP contribution in [0.4, 0.5) is 0 Å². The van der Waals surface area contributed by atoms with E-state index in [2.05, 4.69) is 47.6 Å². The first-order valence-corrected chi connectivity index (χ1v) is 25.8. The Labute approximate surface area is 492 Å². The Morgan fingerprint density at radius 2 is 0.618 bits per heavy atom. The second kappa shape index (κ2) is 44.7. The van der Waals surface area contributed by atoms with Gasteiger partial charge in [0.2, 0.25) is 0 Å². The molecule has 0 fully saturated rings. The molecule has 68 heavy (non-hydrogen) atoms. The predicted molar refractivity (Wildman–Crippen MR) is 243 cm³/mol. The molecule has 0 atom stereocenters. The van der Waals surface area contributed by atoms with Crippen LogP contribution in [-0.4, -0.2) is 209 Å². The Balaban J connectivity index is 0. The van der Waals surface area contributed by atoms with Gasteiger partial charge < -0.3 is 75.4 Å². The van der Waals surface area contributed by atoms with Gasteiger partial charge in [0.25, 0.3) is 0 Å². The van der Waals surface area contributed by atoms with Gasteiger partial charge in [-0.2, -0.15) is 0 Å². The molecule has 1 rings (SSSR count). The number of hydrogen-bond donors (Lipinski definition) is 0. The number of ether oxygens (including phenoxy) is 14. The second-order valence-corrected chi connectivity index (χ2v) is 19.7. The summed E-state index contributed by atoms with van der Waals surface area (Å²) in [6, 6.07) is 4.25. The second-order valence-electron chi connectivity index (χ2n) is 16.6. The van der Waals surface area contributed by atoms with Crippen molar-refractivity contribution in [1.29, 1.82) is 0 Å². The van der Waals surface area contributed by atoms with Crippen LogP contribution >= 0.6 is 0 Å². The van der Waals surface area contributed by atoms with Crippen LogP contribution in [0.2, 0.25) is 0 Å².